The summed E-state index contributed by atoms with van der Waals surface area (Å²) in [6.45, 7) is -0.501. The number of carboxylic acid groups (broad SMARTS) is 1. The van der Waals surface area contributed by atoms with Crippen molar-refractivity contribution in [3.05, 3.63) is 33.8 Å². The number of halogens is 2. The first-order valence-electron chi connectivity index (χ1n) is 5.60. The van der Waals surface area contributed by atoms with Gasteiger partial charge in [-0.25, -0.2) is 4.79 Å². The Labute approximate surface area is 130 Å². The minimum Gasteiger partial charge on any atom is -0.482 e. The summed E-state index contributed by atoms with van der Waals surface area (Å²) < 4.78 is 5.26. The third-order valence-electron chi connectivity index (χ3n) is 2.15. The number of benzene rings is 1. The van der Waals surface area contributed by atoms with Gasteiger partial charge in [-0.3, -0.25) is 4.79 Å². The molecule has 0 aliphatic heterocycles. The van der Waals surface area contributed by atoms with Crippen LogP contribution in [0.2, 0.25) is 10.0 Å². The molecule has 0 unspecified atom stereocenters. The number of ether oxygens (including phenoxy) is 1. The second-order valence-corrected chi connectivity index (χ2v) is 4.54. The highest BCUT2D eigenvalue weighted by Gasteiger charge is 2.11. The topological polar surface area (TPSA) is 99.4 Å². The molecule has 110 valence electrons. The number of nitrogens with one attached hydrogen (secondary N) is 1. The highest BCUT2D eigenvalue weighted by molar-refractivity contribution is 6.36. The molecule has 0 heterocycles. The number of amides is 1. The van der Waals surface area contributed by atoms with E-state index in [0.717, 1.165) is 6.08 Å². The summed E-state index contributed by atoms with van der Waals surface area (Å²) >= 11 is 11.8. The molecule has 21 heavy (non-hydrogen) atoms. The predicted molar refractivity (Wildman–Crippen MR) is 77.2 cm³/mol. The van der Waals surface area contributed by atoms with Crippen LogP contribution in [-0.2, 0) is 9.59 Å². The number of carboxylic acids is 1. The summed E-state index contributed by atoms with van der Waals surface area (Å²) in [5.74, 6) is -1.52. The van der Waals surface area contributed by atoms with Gasteiger partial charge in [-0.2, -0.15) is 5.26 Å². The van der Waals surface area contributed by atoms with Crippen LogP contribution in [0.1, 0.15) is 5.56 Å². The monoisotopic (exact) mass is 328 g/mol. The molecular formula is C13H10Cl2N2O4. The molecule has 6 nitrogen and oxygen atoms in total. The van der Waals surface area contributed by atoms with E-state index in [4.69, 9.17) is 38.3 Å². The van der Waals surface area contributed by atoms with Crippen molar-refractivity contribution in [2.75, 3.05) is 13.2 Å². The van der Waals surface area contributed by atoms with Gasteiger partial charge in [0.1, 0.15) is 12.3 Å². The second-order valence-electron chi connectivity index (χ2n) is 3.70. The molecule has 2 N–H and O–H groups in total. The zero-order valence-electron chi connectivity index (χ0n) is 10.6. The molecular weight excluding hydrogens is 319 g/mol. The van der Waals surface area contributed by atoms with Gasteiger partial charge >= 0.3 is 5.97 Å². The summed E-state index contributed by atoms with van der Waals surface area (Å²) in [6, 6.07) is 4.61. The standard InChI is InChI=1S/C13H10Cl2N2O4/c14-9-5-8(1-2-12(19)20)13(10(15)6-9)21-7-11(18)17-4-3-16/h1-2,5-6H,4,7H2,(H,17,18)(H,19,20)/b2-1+. The van der Waals surface area contributed by atoms with Crippen molar-refractivity contribution in [2.45, 2.75) is 0 Å². The Morgan fingerprint density at radius 1 is 1.43 bits per heavy atom. The molecule has 0 fully saturated rings. The first-order chi connectivity index (χ1) is 9.93. The van der Waals surface area contributed by atoms with Crippen molar-refractivity contribution in [3.8, 4) is 11.8 Å². The average Bonchev–Trinajstić information content (AvgIpc) is 2.41. The molecule has 0 aliphatic carbocycles. The van der Waals surface area contributed by atoms with E-state index in [1.54, 1.807) is 6.07 Å². The summed E-state index contributed by atoms with van der Waals surface area (Å²) in [5.41, 5.74) is 0.322. The fourth-order valence-electron chi connectivity index (χ4n) is 1.34. The Kier molecular flexibility index (Phi) is 6.53. The molecule has 0 atom stereocenters. The first-order valence-corrected chi connectivity index (χ1v) is 6.36. The Bertz CT molecular complexity index is 623. The lowest BCUT2D eigenvalue weighted by Crippen LogP contribution is -2.29. The van der Waals surface area contributed by atoms with Crippen LogP contribution in [0.15, 0.2) is 18.2 Å². The number of hydrogen-bond donors (Lipinski definition) is 2. The number of nitrogens with zero attached hydrogens (tertiary/aromatic N) is 1. The SMILES string of the molecule is N#CCNC(=O)COc1c(Cl)cc(Cl)cc1/C=C/C(=O)O. The van der Waals surface area contributed by atoms with Crippen molar-refractivity contribution >= 4 is 41.2 Å². The van der Waals surface area contributed by atoms with Gasteiger partial charge in [-0.1, -0.05) is 23.2 Å². The van der Waals surface area contributed by atoms with Gasteiger partial charge in [0.2, 0.25) is 0 Å². The number of hydrogen-bond acceptors (Lipinski definition) is 4. The summed E-state index contributed by atoms with van der Waals surface area (Å²) in [4.78, 5) is 21.9. The molecule has 1 amide bonds. The van der Waals surface area contributed by atoms with Crippen molar-refractivity contribution in [2.24, 2.45) is 0 Å². The fourth-order valence-corrected chi connectivity index (χ4v) is 1.91. The van der Waals surface area contributed by atoms with Crippen LogP contribution in [0, 0.1) is 11.3 Å². The van der Waals surface area contributed by atoms with E-state index >= 15 is 0 Å². The summed E-state index contributed by atoms with van der Waals surface area (Å²) in [7, 11) is 0. The number of nitriles is 1. The first kappa shape index (κ1) is 16.8. The fraction of sp³-hybridized carbons (Fsp3) is 0.154. The van der Waals surface area contributed by atoms with E-state index in [9.17, 15) is 9.59 Å². The Balaban J connectivity index is 2.92. The van der Waals surface area contributed by atoms with Crippen LogP contribution in [0.5, 0.6) is 5.75 Å². The predicted octanol–water partition coefficient (Wildman–Crippen LogP) is 2.11. The summed E-state index contributed by atoms with van der Waals surface area (Å²) in [5, 5.41) is 19.7. The van der Waals surface area contributed by atoms with E-state index < -0.39 is 11.9 Å². The maximum absolute atomic E-state index is 11.4. The molecule has 0 aromatic heterocycles. The molecule has 0 bridgehead atoms. The number of aliphatic carboxylic acids is 1. The molecule has 0 saturated heterocycles. The van der Waals surface area contributed by atoms with Crippen molar-refractivity contribution in [1.29, 1.82) is 5.26 Å². The van der Waals surface area contributed by atoms with E-state index in [-0.39, 0.29) is 23.9 Å². The quantitative estimate of drug-likeness (QED) is 0.615. The van der Waals surface area contributed by atoms with Crippen molar-refractivity contribution < 1.29 is 19.4 Å². The lowest BCUT2D eigenvalue weighted by atomic mass is 10.2. The van der Waals surface area contributed by atoms with Crippen molar-refractivity contribution in [1.82, 2.24) is 5.32 Å². The second kappa shape index (κ2) is 8.15. The molecule has 1 aromatic rings. The lowest BCUT2D eigenvalue weighted by Gasteiger charge is -2.11. The molecule has 0 aliphatic rings. The van der Waals surface area contributed by atoms with E-state index in [1.165, 1.54) is 18.2 Å². The minimum absolute atomic E-state index is 0.130. The van der Waals surface area contributed by atoms with E-state index in [1.807, 2.05) is 0 Å². The third kappa shape index (κ3) is 5.73. The highest BCUT2D eigenvalue weighted by Crippen LogP contribution is 2.33. The van der Waals surface area contributed by atoms with Gasteiger partial charge in [0.05, 0.1) is 11.1 Å². The molecule has 1 aromatic carbocycles. The average molecular weight is 329 g/mol. The van der Waals surface area contributed by atoms with E-state index in [2.05, 4.69) is 5.32 Å². The molecule has 0 radical (unpaired) electrons. The van der Waals surface area contributed by atoms with Crippen LogP contribution < -0.4 is 10.1 Å². The summed E-state index contributed by atoms with van der Waals surface area (Å²) in [6.07, 6.45) is 2.15. The van der Waals surface area contributed by atoms with Gasteiger partial charge in [-0.15, -0.1) is 0 Å². The van der Waals surface area contributed by atoms with Crippen LogP contribution in [0.3, 0.4) is 0 Å². The van der Waals surface area contributed by atoms with Gasteiger partial charge < -0.3 is 15.2 Å². The maximum atomic E-state index is 11.4. The zero-order chi connectivity index (χ0) is 15.8. The Morgan fingerprint density at radius 2 is 2.14 bits per heavy atom. The van der Waals surface area contributed by atoms with Crippen molar-refractivity contribution in [3.63, 3.8) is 0 Å². The Morgan fingerprint density at radius 3 is 2.76 bits per heavy atom. The zero-order valence-corrected chi connectivity index (χ0v) is 12.1. The van der Waals surface area contributed by atoms with Crippen LogP contribution in [-0.4, -0.2) is 30.1 Å². The van der Waals surface area contributed by atoms with Gasteiger partial charge in [0.15, 0.2) is 6.61 Å². The number of rotatable bonds is 6. The molecule has 0 saturated carbocycles. The molecule has 8 heteroatoms. The minimum atomic E-state index is -1.15. The normalized spacial score (nSPS) is 10.1. The van der Waals surface area contributed by atoms with Gasteiger partial charge in [-0.05, 0) is 18.2 Å². The van der Waals surface area contributed by atoms with Crippen LogP contribution >= 0.6 is 23.2 Å². The van der Waals surface area contributed by atoms with Gasteiger partial charge in [0, 0.05) is 16.7 Å². The smallest absolute Gasteiger partial charge is 0.328 e. The highest BCUT2D eigenvalue weighted by atomic mass is 35.5. The molecule has 0 spiro atoms. The third-order valence-corrected chi connectivity index (χ3v) is 2.65. The largest absolute Gasteiger partial charge is 0.482 e. The number of carbonyl (C=O) groups excluding carboxylic acids is 1. The number of carbonyl (C=O) groups is 2. The molecule has 1 rings (SSSR count). The lowest BCUT2D eigenvalue weighted by molar-refractivity contribution is -0.131. The van der Waals surface area contributed by atoms with Gasteiger partial charge in [0.25, 0.3) is 5.91 Å². The van der Waals surface area contributed by atoms with Crippen LogP contribution in [0.25, 0.3) is 6.08 Å². The van der Waals surface area contributed by atoms with E-state index in [0.29, 0.717) is 10.6 Å². The maximum Gasteiger partial charge on any atom is 0.328 e. The van der Waals surface area contributed by atoms with Crippen LogP contribution in [0.4, 0.5) is 0 Å². The Hall–Kier alpha value is -2.23.